The number of ether oxygens (including phenoxy) is 2. The topological polar surface area (TPSA) is 52.6 Å². The predicted octanol–water partition coefficient (Wildman–Crippen LogP) is 3.86. The molecule has 1 aromatic carbocycles. The van der Waals surface area contributed by atoms with Crippen LogP contribution in [0.4, 0.5) is 0 Å². The molecule has 0 saturated carbocycles. The second kappa shape index (κ2) is 8.51. The van der Waals surface area contributed by atoms with Crippen LogP contribution in [0.15, 0.2) is 35.9 Å². The van der Waals surface area contributed by atoms with E-state index in [4.69, 9.17) is 9.47 Å². The van der Waals surface area contributed by atoms with Gasteiger partial charge in [-0.3, -0.25) is 0 Å². The molecule has 126 valence electrons. The summed E-state index contributed by atoms with van der Waals surface area (Å²) in [5, 5.41) is 0. The maximum Gasteiger partial charge on any atom is 0.345 e. The number of benzene rings is 1. The van der Waals surface area contributed by atoms with Gasteiger partial charge in [0.15, 0.2) is 0 Å². The summed E-state index contributed by atoms with van der Waals surface area (Å²) in [6.45, 7) is 10.2. The quantitative estimate of drug-likeness (QED) is 0.346. The first-order valence-corrected chi connectivity index (χ1v) is 7.80. The van der Waals surface area contributed by atoms with Crippen LogP contribution in [0.1, 0.15) is 40.2 Å². The molecule has 0 aliphatic rings. The fourth-order valence-electron chi connectivity index (χ4n) is 1.60. The standard InChI is InChI=1S/C19H26O4/c1-14(2)12-22-17(20)16(11-15-9-7-6-8-10-15)18(21)23-13-19(3,4)5/h6-11,14H,12-13H2,1-5H3/b16-11-. The lowest BCUT2D eigenvalue weighted by Crippen LogP contribution is -2.24. The second-order valence-electron chi connectivity index (χ2n) is 7.10. The number of esters is 2. The van der Waals surface area contributed by atoms with E-state index in [0.29, 0.717) is 0 Å². The summed E-state index contributed by atoms with van der Waals surface area (Å²) < 4.78 is 10.4. The van der Waals surface area contributed by atoms with Gasteiger partial charge < -0.3 is 9.47 Å². The van der Waals surface area contributed by atoms with Crippen LogP contribution >= 0.6 is 0 Å². The van der Waals surface area contributed by atoms with E-state index in [1.54, 1.807) is 0 Å². The van der Waals surface area contributed by atoms with Gasteiger partial charge in [-0.1, -0.05) is 65.0 Å². The molecule has 0 N–H and O–H groups in total. The summed E-state index contributed by atoms with van der Waals surface area (Å²) in [6.07, 6.45) is 1.51. The van der Waals surface area contributed by atoms with Crippen molar-refractivity contribution in [2.75, 3.05) is 13.2 Å². The molecule has 0 radical (unpaired) electrons. The van der Waals surface area contributed by atoms with Crippen molar-refractivity contribution in [2.24, 2.45) is 11.3 Å². The monoisotopic (exact) mass is 318 g/mol. The third-order valence-corrected chi connectivity index (χ3v) is 2.73. The van der Waals surface area contributed by atoms with Crippen LogP contribution in [-0.4, -0.2) is 25.2 Å². The first-order chi connectivity index (χ1) is 10.7. The normalized spacial score (nSPS) is 12.2. The Morgan fingerprint density at radius 2 is 1.61 bits per heavy atom. The van der Waals surface area contributed by atoms with E-state index in [1.807, 2.05) is 65.0 Å². The third-order valence-electron chi connectivity index (χ3n) is 2.73. The van der Waals surface area contributed by atoms with E-state index in [9.17, 15) is 9.59 Å². The van der Waals surface area contributed by atoms with Gasteiger partial charge in [0.1, 0.15) is 5.57 Å². The molecule has 1 rings (SSSR count). The number of carbonyl (C=O) groups excluding carboxylic acids is 2. The molecule has 0 unspecified atom stereocenters. The second-order valence-corrected chi connectivity index (χ2v) is 7.10. The van der Waals surface area contributed by atoms with Crippen molar-refractivity contribution in [2.45, 2.75) is 34.6 Å². The lowest BCUT2D eigenvalue weighted by atomic mass is 9.99. The highest BCUT2D eigenvalue weighted by atomic mass is 16.6. The zero-order chi connectivity index (χ0) is 17.5. The number of carbonyl (C=O) groups is 2. The summed E-state index contributed by atoms with van der Waals surface area (Å²) in [6, 6.07) is 9.17. The average Bonchev–Trinajstić information content (AvgIpc) is 2.48. The van der Waals surface area contributed by atoms with Crippen molar-refractivity contribution in [1.82, 2.24) is 0 Å². The Bertz CT molecular complexity index is 550. The van der Waals surface area contributed by atoms with Gasteiger partial charge in [0.05, 0.1) is 13.2 Å². The minimum Gasteiger partial charge on any atom is -0.462 e. The molecule has 0 amide bonds. The van der Waals surface area contributed by atoms with E-state index >= 15 is 0 Å². The summed E-state index contributed by atoms with van der Waals surface area (Å²) in [5.41, 5.74) is 0.493. The summed E-state index contributed by atoms with van der Waals surface area (Å²) >= 11 is 0. The fraction of sp³-hybridized carbons (Fsp3) is 0.474. The van der Waals surface area contributed by atoms with Crippen LogP contribution in [0, 0.1) is 11.3 Å². The highest BCUT2D eigenvalue weighted by molar-refractivity contribution is 6.17. The SMILES string of the molecule is CC(C)COC(=O)/C(=C/c1ccccc1)C(=O)OCC(C)(C)C. The first-order valence-electron chi connectivity index (χ1n) is 7.80. The van der Waals surface area contributed by atoms with Gasteiger partial charge >= 0.3 is 11.9 Å². The molecule has 4 heteroatoms. The van der Waals surface area contributed by atoms with Crippen molar-refractivity contribution in [3.05, 3.63) is 41.5 Å². The molecular weight excluding hydrogens is 292 g/mol. The molecule has 0 heterocycles. The molecule has 0 aliphatic carbocycles. The number of hydrogen-bond donors (Lipinski definition) is 0. The van der Waals surface area contributed by atoms with Gasteiger partial charge in [0.2, 0.25) is 0 Å². The van der Waals surface area contributed by atoms with Crippen LogP contribution in [-0.2, 0) is 19.1 Å². The lowest BCUT2D eigenvalue weighted by Gasteiger charge is -2.18. The molecule has 0 aliphatic heterocycles. The minimum absolute atomic E-state index is 0.0823. The molecular formula is C19H26O4. The van der Waals surface area contributed by atoms with Gasteiger partial charge in [0.25, 0.3) is 0 Å². The third kappa shape index (κ3) is 7.63. The molecule has 0 spiro atoms. The fourth-order valence-corrected chi connectivity index (χ4v) is 1.60. The Labute approximate surface area is 138 Å². The Morgan fingerprint density at radius 1 is 1.04 bits per heavy atom. The van der Waals surface area contributed by atoms with Gasteiger partial charge in [-0.15, -0.1) is 0 Å². The van der Waals surface area contributed by atoms with Crippen molar-refractivity contribution in [3.8, 4) is 0 Å². The first kappa shape index (κ1) is 18.9. The largest absolute Gasteiger partial charge is 0.462 e. The van der Waals surface area contributed by atoms with Gasteiger partial charge in [0, 0.05) is 0 Å². The van der Waals surface area contributed by atoms with Crippen LogP contribution < -0.4 is 0 Å². The predicted molar refractivity (Wildman–Crippen MR) is 90.6 cm³/mol. The zero-order valence-electron chi connectivity index (χ0n) is 14.6. The van der Waals surface area contributed by atoms with E-state index in [0.717, 1.165) is 5.56 Å². The van der Waals surface area contributed by atoms with Crippen molar-refractivity contribution in [3.63, 3.8) is 0 Å². The van der Waals surface area contributed by atoms with Gasteiger partial charge in [-0.2, -0.15) is 0 Å². The Balaban J connectivity index is 2.94. The molecule has 4 nitrogen and oxygen atoms in total. The molecule has 0 atom stereocenters. The van der Waals surface area contributed by atoms with E-state index < -0.39 is 11.9 Å². The number of hydrogen-bond acceptors (Lipinski definition) is 4. The van der Waals surface area contributed by atoms with Gasteiger partial charge in [-0.25, -0.2) is 9.59 Å². The summed E-state index contributed by atoms with van der Waals surface area (Å²) in [7, 11) is 0. The maximum atomic E-state index is 12.3. The highest BCUT2D eigenvalue weighted by Gasteiger charge is 2.24. The van der Waals surface area contributed by atoms with Crippen molar-refractivity contribution < 1.29 is 19.1 Å². The molecule has 0 fully saturated rings. The Morgan fingerprint density at radius 3 is 2.13 bits per heavy atom. The van der Waals surface area contributed by atoms with E-state index in [-0.39, 0.29) is 30.1 Å². The van der Waals surface area contributed by atoms with E-state index in [2.05, 4.69) is 0 Å². The number of rotatable bonds is 6. The smallest absolute Gasteiger partial charge is 0.345 e. The molecule has 0 saturated heterocycles. The minimum atomic E-state index is -0.655. The van der Waals surface area contributed by atoms with Crippen LogP contribution in [0.2, 0.25) is 0 Å². The highest BCUT2D eigenvalue weighted by Crippen LogP contribution is 2.16. The molecule has 0 bridgehead atoms. The maximum absolute atomic E-state index is 12.3. The average molecular weight is 318 g/mol. The Hall–Kier alpha value is -2.10. The zero-order valence-corrected chi connectivity index (χ0v) is 14.6. The van der Waals surface area contributed by atoms with Crippen molar-refractivity contribution in [1.29, 1.82) is 0 Å². The Kier molecular flexibility index (Phi) is 7.01. The summed E-state index contributed by atoms with van der Waals surface area (Å²) in [5.74, 6) is -1.11. The molecule has 23 heavy (non-hydrogen) atoms. The summed E-state index contributed by atoms with van der Waals surface area (Å²) in [4.78, 5) is 24.5. The van der Waals surface area contributed by atoms with Crippen LogP contribution in [0.25, 0.3) is 6.08 Å². The molecule has 1 aromatic rings. The van der Waals surface area contributed by atoms with Crippen LogP contribution in [0.3, 0.4) is 0 Å². The van der Waals surface area contributed by atoms with Crippen molar-refractivity contribution >= 4 is 18.0 Å². The van der Waals surface area contributed by atoms with Gasteiger partial charge in [-0.05, 0) is 23.0 Å². The lowest BCUT2D eigenvalue weighted by molar-refractivity contribution is -0.149. The molecule has 0 aromatic heterocycles. The van der Waals surface area contributed by atoms with E-state index in [1.165, 1.54) is 6.08 Å². The van der Waals surface area contributed by atoms with Crippen LogP contribution in [0.5, 0.6) is 0 Å².